The molecule has 3 aromatic rings. The second-order valence-electron chi connectivity index (χ2n) is 7.04. The molecule has 0 saturated heterocycles. The first-order valence-corrected chi connectivity index (χ1v) is 10.9. The van der Waals surface area contributed by atoms with Crippen LogP contribution in [-0.4, -0.2) is 40.5 Å². The van der Waals surface area contributed by atoms with Gasteiger partial charge in [0.15, 0.2) is 0 Å². The van der Waals surface area contributed by atoms with Gasteiger partial charge in [0.1, 0.15) is 5.66 Å². The molecule has 142 valence electrons. The van der Waals surface area contributed by atoms with Crippen molar-refractivity contribution in [3.63, 3.8) is 0 Å². The third-order valence-electron chi connectivity index (χ3n) is 4.86. The number of aromatic amines is 1. The molecule has 0 aliphatic heterocycles. The van der Waals surface area contributed by atoms with E-state index in [1.54, 1.807) is 12.4 Å². The number of benzene rings is 1. The summed E-state index contributed by atoms with van der Waals surface area (Å²) in [5.74, 6) is 0.408. The third kappa shape index (κ3) is 3.93. The molecule has 0 unspecified atom stereocenters. The van der Waals surface area contributed by atoms with Crippen molar-refractivity contribution in [1.29, 1.82) is 0 Å². The molecular formula is C18H22N6O2S. The summed E-state index contributed by atoms with van der Waals surface area (Å²) in [6, 6.07) is 7.72. The summed E-state index contributed by atoms with van der Waals surface area (Å²) in [6.07, 6.45) is 9.03. The van der Waals surface area contributed by atoms with Gasteiger partial charge < -0.3 is 5.32 Å². The number of hydrogen-bond donors (Lipinski definition) is 3. The maximum Gasteiger partial charge on any atom is 0.224 e. The number of anilines is 1. The highest BCUT2D eigenvalue weighted by Crippen LogP contribution is 2.31. The molecule has 9 heteroatoms. The lowest BCUT2D eigenvalue weighted by Gasteiger charge is -2.38. The van der Waals surface area contributed by atoms with Crippen molar-refractivity contribution in [1.82, 2.24) is 24.9 Å². The number of hydrogen-bond acceptors (Lipinski definition) is 6. The third-order valence-corrected chi connectivity index (χ3v) is 5.62. The zero-order chi connectivity index (χ0) is 18.9. The molecule has 1 aliphatic rings. The number of nitrogens with zero attached hydrogens (tertiary/aromatic N) is 3. The Labute approximate surface area is 157 Å². The van der Waals surface area contributed by atoms with Crippen molar-refractivity contribution >= 4 is 26.9 Å². The van der Waals surface area contributed by atoms with Crippen LogP contribution in [-0.2, 0) is 10.0 Å². The summed E-state index contributed by atoms with van der Waals surface area (Å²) in [5, 5.41) is 11.3. The number of nitrogens with one attached hydrogen (secondary N) is 3. The largest absolute Gasteiger partial charge is 0.335 e. The van der Waals surface area contributed by atoms with E-state index in [4.69, 9.17) is 0 Å². The zero-order valence-corrected chi connectivity index (χ0v) is 15.9. The second-order valence-corrected chi connectivity index (χ2v) is 8.79. The van der Waals surface area contributed by atoms with Gasteiger partial charge in [0.05, 0.1) is 23.7 Å². The monoisotopic (exact) mass is 386 g/mol. The molecule has 4 rings (SSSR count). The summed E-state index contributed by atoms with van der Waals surface area (Å²) in [7, 11) is -3.37. The van der Waals surface area contributed by atoms with Gasteiger partial charge in [0.2, 0.25) is 16.0 Å². The molecule has 0 atom stereocenters. The standard InChI is InChI=1S/C18H22N6O2S/c1-27(25,26)24-18(9-3-2-4-10-18)22-17-19-11-8-15(21-17)13-6-5-7-16-14(13)12-20-23-16/h5-8,11-12,24H,2-4,9-10H2,1H3,(H,20,23)(H,19,21,22). The van der Waals surface area contributed by atoms with Gasteiger partial charge in [0.25, 0.3) is 0 Å². The predicted octanol–water partition coefficient (Wildman–Crippen LogP) is 2.64. The Bertz CT molecular complexity index is 1060. The molecule has 0 amide bonds. The Kier molecular flexibility index (Phi) is 4.56. The second kappa shape index (κ2) is 6.90. The molecule has 2 heterocycles. The number of fused-ring (bicyclic) bond motifs is 1. The van der Waals surface area contributed by atoms with E-state index < -0.39 is 15.7 Å². The minimum atomic E-state index is -3.37. The maximum absolute atomic E-state index is 11.9. The van der Waals surface area contributed by atoms with Crippen LogP contribution in [0.4, 0.5) is 5.95 Å². The molecule has 2 aromatic heterocycles. The molecule has 0 bridgehead atoms. The smallest absolute Gasteiger partial charge is 0.224 e. The SMILES string of the molecule is CS(=O)(=O)NC1(Nc2nccc(-c3cccc4[nH]ncc34)n2)CCCCC1. The first-order valence-electron chi connectivity index (χ1n) is 8.97. The Hall–Kier alpha value is -2.52. The van der Waals surface area contributed by atoms with Crippen LogP contribution >= 0.6 is 0 Å². The number of sulfonamides is 1. The molecule has 0 radical (unpaired) electrons. The summed E-state index contributed by atoms with van der Waals surface area (Å²) in [6.45, 7) is 0. The van der Waals surface area contributed by atoms with E-state index in [0.29, 0.717) is 18.8 Å². The maximum atomic E-state index is 11.9. The van der Waals surface area contributed by atoms with Crippen molar-refractivity contribution in [3.05, 3.63) is 36.7 Å². The van der Waals surface area contributed by atoms with Crippen LogP contribution in [0.3, 0.4) is 0 Å². The average Bonchev–Trinajstić information content (AvgIpc) is 3.09. The van der Waals surface area contributed by atoms with Crippen molar-refractivity contribution in [2.24, 2.45) is 0 Å². The van der Waals surface area contributed by atoms with Crippen molar-refractivity contribution in [2.75, 3.05) is 11.6 Å². The van der Waals surface area contributed by atoms with Gasteiger partial charge in [-0.15, -0.1) is 0 Å². The van der Waals surface area contributed by atoms with E-state index in [0.717, 1.165) is 41.4 Å². The highest BCUT2D eigenvalue weighted by Gasteiger charge is 2.35. The topological polar surface area (TPSA) is 113 Å². The van der Waals surface area contributed by atoms with Crippen LogP contribution in [0.1, 0.15) is 32.1 Å². The summed E-state index contributed by atoms with van der Waals surface area (Å²) < 4.78 is 26.6. The minimum Gasteiger partial charge on any atom is -0.335 e. The van der Waals surface area contributed by atoms with Crippen LogP contribution in [0.15, 0.2) is 36.7 Å². The van der Waals surface area contributed by atoms with Crippen LogP contribution < -0.4 is 10.0 Å². The highest BCUT2D eigenvalue weighted by molar-refractivity contribution is 7.88. The quantitative estimate of drug-likeness (QED) is 0.581. The summed E-state index contributed by atoms with van der Waals surface area (Å²) >= 11 is 0. The van der Waals surface area contributed by atoms with Crippen LogP contribution in [0.25, 0.3) is 22.2 Å². The van der Waals surface area contributed by atoms with E-state index in [1.165, 1.54) is 6.26 Å². The number of rotatable bonds is 5. The van der Waals surface area contributed by atoms with Crippen LogP contribution in [0, 0.1) is 0 Å². The first kappa shape index (κ1) is 17.9. The lowest BCUT2D eigenvalue weighted by Crippen LogP contribution is -2.55. The fourth-order valence-electron chi connectivity index (χ4n) is 3.74. The molecule has 1 aliphatic carbocycles. The van der Waals surface area contributed by atoms with E-state index in [9.17, 15) is 8.42 Å². The predicted molar refractivity (Wildman–Crippen MR) is 105 cm³/mol. The Morgan fingerprint density at radius 1 is 1.15 bits per heavy atom. The molecule has 1 saturated carbocycles. The summed E-state index contributed by atoms with van der Waals surface area (Å²) in [4.78, 5) is 8.96. The van der Waals surface area contributed by atoms with E-state index in [1.807, 2.05) is 24.3 Å². The fraction of sp³-hybridized carbons (Fsp3) is 0.389. The van der Waals surface area contributed by atoms with Crippen LogP contribution in [0.5, 0.6) is 0 Å². The molecule has 3 N–H and O–H groups in total. The molecule has 8 nitrogen and oxygen atoms in total. The summed E-state index contributed by atoms with van der Waals surface area (Å²) in [5.41, 5.74) is 1.89. The number of aromatic nitrogens is 4. The first-order chi connectivity index (χ1) is 12.9. The molecule has 1 aromatic carbocycles. The van der Waals surface area contributed by atoms with E-state index in [2.05, 4.69) is 30.2 Å². The lowest BCUT2D eigenvalue weighted by molar-refractivity contribution is 0.303. The van der Waals surface area contributed by atoms with Crippen LogP contribution in [0.2, 0.25) is 0 Å². The fourth-order valence-corrected chi connectivity index (χ4v) is 4.70. The highest BCUT2D eigenvalue weighted by atomic mass is 32.2. The molecular weight excluding hydrogens is 364 g/mol. The Balaban J connectivity index is 1.68. The van der Waals surface area contributed by atoms with Gasteiger partial charge >= 0.3 is 0 Å². The Morgan fingerprint density at radius 3 is 2.74 bits per heavy atom. The normalized spacial score (nSPS) is 17.1. The molecule has 1 fully saturated rings. The Morgan fingerprint density at radius 2 is 1.96 bits per heavy atom. The minimum absolute atomic E-state index is 0.408. The number of H-pyrrole nitrogens is 1. The average molecular weight is 386 g/mol. The van der Waals surface area contributed by atoms with Gasteiger partial charge in [-0.1, -0.05) is 18.6 Å². The molecule has 0 spiro atoms. The van der Waals surface area contributed by atoms with E-state index >= 15 is 0 Å². The van der Waals surface area contributed by atoms with Gasteiger partial charge in [-0.25, -0.2) is 18.4 Å². The van der Waals surface area contributed by atoms with Crippen molar-refractivity contribution in [2.45, 2.75) is 37.8 Å². The molecule has 27 heavy (non-hydrogen) atoms. The van der Waals surface area contributed by atoms with Gasteiger partial charge in [0, 0.05) is 17.1 Å². The van der Waals surface area contributed by atoms with E-state index in [-0.39, 0.29) is 0 Å². The van der Waals surface area contributed by atoms with Gasteiger partial charge in [-0.3, -0.25) is 5.10 Å². The van der Waals surface area contributed by atoms with Crippen molar-refractivity contribution < 1.29 is 8.42 Å². The van der Waals surface area contributed by atoms with Crippen molar-refractivity contribution in [3.8, 4) is 11.3 Å². The van der Waals surface area contributed by atoms with Gasteiger partial charge in [-0.2, -0.15) is 9.82 Å². The zero-order valence-electron chi connectivity index (χ0n) is 15.1. The van der Waals surface area contributed by atoms with Gasteiger partial charge in [-0.05, 0) is 37.8 Å². The lowest BCUT2D eigenvalue weighted by atomic mass is 9.90.